The van der Waals surface area contributed by atoms with Crippen molar-refractivity contribution in [2.75, 3.05) is 31.6 Å². The van der Waals surface area contributed by atoms with E-state index < -0.39 is 23.3 Å². The molecule has 43 heavy (non-hydrogen) atoms. The Bertz CT molecular complexity index is 1780. The van der Waals surface area contributed by atoms with E-state index in [1.165, 1.54) is 18.2 Å². The maximum absolute atomic E-state index is 16.7. The summed E-state index contributed by atoms with van der Waals surface area (Å²) in [6.07, 6.45) is 3.71. The van der Waals surface area contributed by atoms with Gasteiger partial charge in [-0.1, -0.05) is 13.0 Å². The first-order valence-corrected chi connectivity index (χ1v) is 15.1. The summed E-state index contributed by atoms with van der Waals surface area (Å²) in [5.41, 5.74) is 0.0510. The molecule has 0 bridgehead atoms. The number of pyridine rings is 1. The molecular weight excluding hydrogens is 559 g/mol. The number of benzene rings is 2. The van der Waals surface area contributed by atoms with Gasteiger partial charge in [0.05, 0.1) is 11.6 Å². The van der Waals surface area contributed by atoms with Gasteiger partial charge in [-0.15, -0.1) is 0 Å². The maximum atomic E-state index is 16.7. The second kappa shape index (κ2) is 9.83. The van der Waals surface area contributed by atoms with Crippen LogP contribution in [0.1, 0.15) is 44.6 Å². The molecule has 2 saturated heterocycles. The average molecular weight is 592 g/mol. The van der Waals surface area contributed by atoms with Gasteiger partial charge in [0.25, 0.3) is 0 Å². The number of nitrogens with one attached hydrogen (secondary N) is 1. The van der Waals surface area contributed by atoms with E-state index >= 15 is 4.39 Å². The Kier molecular flexibility index (Phi) is 6.12. The molecule has 8 rings (SSSR count). The number of phenols is 1. The van der Waals surface area contributed by atoms with Gasteiger partial charge >= 0.3 is 6.01 Å². The molecule has 2 N–H and O–H groups in total. The van der Waals surface area contributed by atoms with Crippen molar-refractivity contribution in [3.05, 3.63) is 41.5 Å². The van der Waals surface area contributed by atoms with Crippen LogP contribution >= 0.6 is 0 Å². The summed E-state index contributed by atoms with van der Waals surface area (Å²) in [4.78, 5) is 15.9. The molecule has 0 unspecified atom stereocenters. The van der Waals surface area contributed by atoms with E-state index in [9.17, 15) is 13.9 Å². The molecule has 0 radical (unpaired) electrons. The fourth-order valence-electron chi connectivity index (χ4n) is 7.39. The lowest BCUT2D eigenvalue weighted by molar-refractivity contribution is 0.107. The summed E-state index contributed by atoms with van der Waals surface area (Å²) in [7, 11) is 0. The van der Waals surface area contributed by atoms with Gasteiger partial charge in [-0.3, -0.25) is 4.90 Å². The minimum Gasteiger partial charge on any atom is -0.508 e. The molecule has 1 aliphatic carbocycles. The number of aromatic hydroxyl groups is 1. The largest absolute Gasteiger partial charge is 0.508 e. The Hall–Kier alpha value is -3.86. The summed E-state index contributed by atoms with van der Waals surface area (Å²) in [6.45, 7) is 3.53. The molecule has 1 saturated carbocycles. The number of fused-ring (bicyclic) bond motifs is 2. The van der Waals surface area contributed by atoms with Crippen molar-refractivity contribution in [3.8, 4) is 28.9 Å². The summed E-state index contributed by atoms with van der Waals surface area (Å²) in [6, 6.07) is 5.75. The Morgan fingerprint density at radius 3 is 2.84 bits per heavy atom. The second-order valence-corrected chi connectivity index (χ2v) is 12.4. The van der Waals surface area contributed by atoms with Gasteiger partial charge in [0.1, 0.15) is 53.4 Å². The normalized spacial score (nSPS) is 25.0. The summed E-state index contributed by atoms with van der Waals surface area (Å²) < 4.78 is 58.4. The van der Waals surface area contributed by atoms with E-state index in [0.717, 1.165) is 32.2 Å². The Morgan fingerprint density at radius 2 is 2.02 bits per heavy atom. The summed E-state index contributed by atoms with van der Waals surface area (Å²) in [5.74, 6) is -0.354. The smallest absolute Gasteiger partial charge is 0.319 e. The van der Waals surface area contributed by atoms with E-state index in [-0.39, 0.29) is 47.1 Å². The van der Waals surface area contributed by atoms with Crippen LogP contribution in [0, 0.1) is 17.6 Å². The number of halogens is 3. The van der Waals surface area contributed by atoms with Gasteiger partial charge < -0.3 is 19.9 Å². The van der Waals surface area contributed by atoms with Crippen LogP contribution in [-0.2, 0) is 6.42 Å². The Labute approximate surface area is 246 Å². The molecule has 4 aliphatic rings. The molecule has 224 valence electrons. The lowest BCUT2D eigenvalue weighted by Crippen LogP contribution is -2.43. The molecule has 0 spiro atoms. The third-order valence-electron chi connectivity index (χ3n) is 9.64. The van der Waals surface area contributed by atoms with Gasteiger partial charge in [-0.05, 0) is 79.1 Å². The van der Waals surface area contributed by atoms with Crippen LogP contribution in [-0.4, -0.2) is 69.0 Å². The molecule has 5 heterocycles. The number of ether oxygens (including phenoxy) is 2. The maximum Gasteiger partial charge on any atom is 0.319 e. The quantitative estimate of drug-likeness (QED) is 0.285. The van der Waals surface area contributed by atoms with Crippen molar-refractivity contribution in [1.82, 2.24) is 19.9 Å². The zero-order valence-electron chi connectivity index (χ0n) is 23.8. The number of hydrogen-bond donors (Lipinski definition) is 2. The van der Waals surface area contributed by atoms with Crippen molar-refractivity contribution in [3.63, 3.8) is 0 Å². The van der Waals surface area contributed by atoms with E-state index in [1.807, 2.05) is 6.92 Å². The van der Waals surface area contributed by atoms with E-state index in [2.05, 4.69) is 25.2 Å². The molecule has 4 aromatic rings. The van der Waals surface area contributed by atoms with E-state index in [4.69, 9.17) is 9.47 Å². The van der Waals surface area contributed by atoms with Gasteiger partial charge in [-0.2, -0.15) is 9.97 Å². The Morgan fingerprint density at radius 1 is 1.16 bits per heavy atom. The standard InChI is InChI=1S/C32H32F3N5O3/c1-2-20-22(34)7-6-17-10-19(41)11-21(24(17)20)27-26(35)28-25-29(36-23(16-4-5-16)14-42-30(25)37-27)39-31(38-28)43-15-32-8-3-9-40(32)13-18(33)12-32/h6-7,10-11,16,18,23,41H,2-5,8-9,12-15H2,1H3,(H,36,38,39)/t18-,23-,32+/m1/s1. The highest BCUT2D eigenvalue weighted by Crippen LogP contribution is 2.45. The van der Waals surface area contributed by atoms with Crippen molar-refractivity contribution in [1.29, 1.82) is 0 Å². The SMILES string of the molecule is CCc1c(F)ccc2cc(O)cc(-c3nc4c5c(nc(OC[C@@]67CCCN6C[C@H](F)C7)nc5c3F)N[C@@H](C3CC3)CO4)c12. The molecule has 2 aromatic carbocycles. The van der Waals surface area contributed by atoms with E-state index in [0.29, 0.717) is 59.5 Å². The number of hydrogen-bond acceptors (Lipinski definition) is 8. The Balaban J connectivity index is 1.30. The first-order valence-electron chi connectivity index (χ1n) is 15.1. The van der Waals surface area contributed by atoms with Crippen molar-refractivity contribution in [2.45, 2.75) is 63.2 Å². The van der Waals surface area contributed by atoms with Gasteiger partial charge in [0.2, 0.25) is 5.88 Å². The third kappa shape index (κ3) is 4.34. The van der Waals surface area contributed by atoms with Crippen LogP contribution in [0.5, 0.6) is 17.6 Å². The minimum atomic E-state index is -0.909. The molecular formula is C32H32F3N5O3. The van der Waals surface area contributed by atoms with Crippen LogP contribution in [0.4, 0.5) is 19.0 Å². The van der Waals surface area contributed by atoms with Crippen LogP contribution in [0.15, 0.2) is 24.3 Å². The van der Waals surface area contributed by atoms with Gasteiger partial charge in [-0.25, -0.2) is 18.2 Å². The van der Waals surface area contributed by atoms with Crippen LogP contribution in [0.3, 0.4) is 0 Å². The number of aromatic nitrogens is 3. The van der Waals surface area contributed by atoms with Crippen LogP contribution < -0.4 is 14.8 Å². The lowest BCUT2D eigenvalue weighted by atomic mass is 9.94. The van der Waals surface area contributed by atoms with Crippen molar-refractivity contribution >= 4 is 27.5 Å². The number of anilines is 1. The molecule has 3 fully saturated rings. The third-order valence-corrected chi connectivity index (χ3v) is 9.64. The summed E-state index contributed by atoms with van der Waals surface area (Å²) in [5, 5.41) is 15.4. The van der Waals surface area contributed by atoms with Gasteiger partial charge in [0, 0.05) is 18.5 Å². The predicted octanol–water partition coefficient (Wildman–Crippen LogP) is 5.93. The first-order chi connectivity index (χ1) is 20.8. The second-order valence-electron chi connectivity index (χ2n) is 12.4. The topological polar surface area (TPSA) is 92.6 Å². The minimum absolute atomic E-state index is 0.0157. The number of alkyl halides is 1. The zero-order valence-corrected chi connectivity index (χ0v) is 23.8. The first kappa shape index (κ1) is 26.7. The molecule has 8 nitrogen and oxygen atoms in total. The number of aryl methyl sites for hydroxylation is 1. The highest BCUT2D eigenvalue weighted by Gasteiger charge is 2.49. The molecule has 11 heteroatoms. The number of phenolic OH excluding ortho intramolecular Hbond substituents is 1. The number of nitrogens with zero attached hydrogens (tertiary/aromatic N) is 4. The molecule has 3 atom stereocenters. The monoisotopic (exact) mass is 591 g/mol. The lowest BCUT2D eigenvalue weighted by Gasteiger charge is -2.30. The van der Waals surface area contributed by atoms with Crippen molar-refractivity contribution in [2.24, 2.45) is 5.92 Å². The van der Waals surface area contributed by atoms with Gasteiger partial charge in [0.15, 0.2) is 5.82 Å². The van der Waals surface area contributed by atoms with Crippen LogP contribution in [0.25, 0.3) is 32.9 Å². The van der Waals surface area contributed by atoms with Crippen LogP contribution in [0.2, 0.25) is 0 Å². The highest BCUT2D eigenvalue weighted by molar-refractivity contribution is 6.03. The molecule has 3 aliphatic heterocycles. The zero-order chi connectivity index (χ0) is 29.5. The van der Waals surface area contributed by atoms with E-state index in [1.54, 1.807) is 6.07 Å². The fourth-order valence-corrected chi connectivity index (χ4v) is 7.39. The highest BCUT2D eigenvalue weighted by atomic mass is 19.1. The number of rotatable bonds is 6. The average Bonchev–Trinajstić information content (AvgIpc) is 3.72. The summed E-state index contributed by atoms with van der Waals surface area (Å²) >= 11 is 0. The molecule has 0 amide bonds. The predicted molar refractivity (Wildman–Crippen MR) is 155 cm³/mol. The molecule has 2 aromatic heterocycles. The fraction of sp³-hybridized carbons (Fsp3) is 0.469. The van der Waals surface area contributed by atoms with Crippen molar-refractivity contribution < 1.29 is 27.8 Å².